The van der Waals surface area contributed by atoms with E-state index in [1.54, 1.807) is 6.92 Å². The third-order valence-electron chi connectivity index (χ3n) is 2.10. The predicted molar refractivity (Wildman–Crippen MR) is 46.0 cm³/mol. The Balaban J connectivity index is 2.31. The maximum absolute atomic E-state index is 11.3. The third-order valence-corrected chi connectivity index (χ3v) is 2.10. The van der Waals surface area contributed by atoms with Crippen molar-refractivity contribution in [2.75, 3.05) is 0 Å². The molecule has 1 saturated carbocycles. The highest BCUT2D eigenvalue weighted by molar-refractivity contribution is 5.89. The standard InChI is InChI=1S/C8H14N2O3/c1-5(4-6(11)12)10-7(13)8(9)2-3-8/h5H,2-4,9H2,1H3,(H,10,13)(H,11,12). The molecule has 0 radical (unpaired) electrons. The van der Waals surface area contributed by atoms with Crippen molar-refractivity contribution in [2.24, 2.45) is 5.73 Å². The molecule has 1 aliphatic carbocycles. The highest BCUT2D eigenvalue weighted by Crippen LogP contribution is 2.32. The van der Waals surface area contributed by atoms with Crippen LogP contribution in [0.25, 0.3) is 0 Å². The second kappa shape index (κ2) is 3.33. The first-order chi connectivity index (χ1) is 5.94. The van der Waals surface area contributed by atoms with Crippen LogP contribution in [0.2, 0.25) is 0 Å². The lowest BCUT2D eigenvalue weighted by Crippen LogP contribution is -2.46. The van der Waals surface area contributed by atoms with Crippen molar-refractivity contribution in [2.45, 2.75) is 37.8 Å². The first kappa shape index (κ1) is 9.98. The minimum absolute atomic E-state index is 0.0676. The Kier molecular flexibility index (Phi) is 2.56. The smallest absolute Gasteiger partial charge is 0.305 e. The number of aliphatic carboxylic acids is 1. The molecule has 5 nitrogen and oxygen atoms in total. The van der Waals surface area contributed by atoms with Crippen LogP contribution in [0.4, 0.5) is 0 Å². The Hall–Kier alpha value is -1.10. The van der Waals surface area contributed by atoms with Gasteiger partial charge in [0.15, 0.2) is 0 Å². The van der Waals surface area contributed by atoms with E-state index >= 15 is 0 Å². The fourth-order valence-corrected chi connectivity index (χ4v) is 1.04. The molecule has 1 fully saturated rings. The molecule has 0 saturated heterocycles. The molecule has 0 spiro atoms. The monoisotopic (exact) mass is 186 g/mol. The number of carboxylic acids is 1. The fraction of sp³-hybridized carbons (Fsp3) is 0.750. The van der Waals surface area contributed by atoms with Crippen molar-refractivity contribution < 1.29 is 14.7 Å². The maximum Gasteiger partial charge on any atom is 0.305 e. The normalized spacial score (nSPS) is 20.5. The van der Waals surface area contributed by atoms with Crippen LogP contribution in [0, 0.1) is 0 Å². The zero-order valence-corrected chi connectivity index (χ0v) is 7.54. The van der Waals surface area contributed by atoms with Crippen molar-refractivity contribution in [1.29, 1.82) is 0 Å². The summed E-state index contributed by atoms with van der Waals surface area (Å²) in [5, 5.41) is 11.0. The molecule has 1 atom stereocenters. The van der Waals surface area contributed by atoms with Gasteiger partial charge in [0.05, 0.1) is 12.0 Å². The van der Waals surface area contributed by atoms with Gasteiger partial charge in [0.1, 0.15) is 0 Å². The van der Waals surface area contributed by atoms with Crippen LogP contribution in [0.3, 0.4) is 0 Å². The van der Waals surface area contributed by atoms with Crippen LogP contribution in [0.5, 0.6) is 0 Å². The molecule has 0 heterocycles. The predicted octanol–water partition coefficient (Wildman–Crippen LogP) is -0.543. The van der Waals surface area contributed by atoms with Gasteiger partial charge in [-0.2, -0.15) is 0 Å². The van der Waals surface area contributed by atoms with Gasteiger partial charge in [-0.25, -0.2) is 0 Å². The van der Waals surface area contributed by atoms with Crippen LogP contribution in [-0.2, 0) is 9.59 Å². The van der Waals surface area contributed by atoms with Gasteiger partial charge in [0, 0.05) is 6.04 Å². The fourth-order valence-electron chi connectivity index (χ4n) is 1.04. The molecule has 1 aliphatic rings. The van der Waals surface area contributed by atoms with E-state index in [2.05, 4.69) is 5.32 Å². The van der Waals surface area contributed by atoms with E-state index in [9.17, 15) is 9.59 Å². The summed E-state index contributed by atoms with van der Waals surface area (Å²) in [6, 6.07) is -0.356. The topological polar surface area (TPSA) is 92.4 Å². The molecule has 0 aromatic heterocycles. The molecule has 13 heavy (non-hydrogen) atoms. The number of amides is 1. The Morgan fingerprint density at radius 1 is 1.62 bits per heavy atom. The number of hydrogen-bond acceptors (Lipinski definition) is 3. The SMILES string of the molecule is CC(CC(=O)O)NC(=O)C1(N)CC1. The van der Waals surface area contributed by atoms with Gasteiger partial charge in [-0.1, -0.05) is 0 Å². The second-order valence-corrected chi connectivity index (χ2v) is 3.63. The quantitative estimate of drug-likeness (QED) is 0.549. The number of hydrogen-bond donors (Lipinski definition) is 3. The summed E-state index contributed by atoms with van der Waals surface area (Å²) in [6.45, 7) is 1.65. The van der Waals surface area contributed by atoms with Gasteiger partial charge >= 0.3 is 5.97 Å². The zero-order valence-electron chi connectivity index (χ0n) is 7.54. The number of rotatable bonds is 4. The summed E-state index contributed by atoms with van der Waals surface area (Å²) in [7, 11) is 0. The molecule has 0 aromatic rings. The summed E-state index contributed by atoms with van der Waals surface area (Å²) in [4.78, 5) is 21.6. The number of carbonyl (C=O) groups excluding carboxylic acids is 1. The molecule has 4 N–H and O–H groups in total. The minimum atomic E-state index is -0.922. The summed E-state index contributed by atoms with van der Waals surface area (Å²) in [5.74, 6) is -1.16. The van der Waals surface area contributed by atoms with E-state index in [4.69, 9.17) is 10.8 Å². The van der Waals surface area contributed by atoms with Gasteiger partial charge < -0.3 is 16.2 Å². The summed E-state index contributed by atoms with van der Waals surface area (Å²) in [6.07, 6.45) is 1.32. The van der Waals surface area contributed by atoms with E-state index in [1.807, 2.05) is 0 Å². The van der Waals surface area contributed by atoms with Gasteiger partial charge in [0.2, 0.25) is 5.91 Å². The molecule has 0 aliphatic heterocycles. The molecule has 1 amide bonds. The number of carboxylic acid groups (broad SMARTS) is 1. The largest absolute Gasteiger partial charge is 0.481 e. The number of nitrogens with one attached hydrogen (secondary N) is 1. The molecular formula is C8H14N2O3. The van der Waals surface area contributed by atoms with Crippen LogP contribution >= 0.6 is 0 Å². The van der Waals surface area contributed by atoms with Crippen LogP contribution < -0.4 is 11.1 Å². The first-order valence-electron chi connectivity index (χ1n) is 4.26. The summed E-state index contributed by atoms with van der Waals surface area (Å²) < 4.78 is 0. The Morgan fingerprint density at radius 3 is 2.54 bits per heavy atom. The highest BCUT2D eigenvalue weighted by atomic mass is 16.4. The van der Waals surface area contributed by atoms with Gasteiger partial charge in [0.25, 0.3) is 0 Å². The van der Waals surface area contributed by atoms with E-state index < -0.39 is 11.5 Å². The van der Waals surface area contributed by atoms with E-state index in [1.165, 1.54) is 0 Å². The first-order valence-corrected chi connectivity index (χ1v) is 4.26. The Bertz CT molecular complexity index is 236. The van der Waals surface area contributed by atoms with Crippen molar-refractivity contribution in [1.82, 2.24) is 5.32 Å². The Labute approximate surface area is 76.3 Å². The molecule has 0 aromatic carbocycles. The van der Waals surface area contributed by atoms with Gasteiger partial charge in [-0.15, -0.1) is 0 Å². The maximum atomic E-state index is 11.3. The average Bonchev–Trinajstić information content (AvgIpc) is 2.67. The molecule has 1 rings (SSSR count). The number of carbonyl (C=O) groups is 2. The van der Waals surface area contributed by atoms with Crippen LogP contribution in [-0.4, -0.2) is 28.6 Å². The lowest BCUT2D eigenvalue weighted by atomic mass is 10.2. The highest BCUT2D eigenvalue weighted by Gasteiger charge is 2.46. The van der Waals surface area contributed by atoms with Crippen molar-refractivity contribution >= 4 is 11.9 Å². The molecule has 1 unspecified atom stereocenters. The zero-order chi connectivity index (χ0) is 10.1. The van der Waals surface area contributed by atoms with E-state index in [0.717, 1.165) is 0 Å². The average molecular weight is 186 g/mol. The van der Waals surface area contributed by atoms with Crippen molar-refractivity contribution in [3.63, 3.8) is 0 Å². The van der Waals surface area contributed by atoms with E-state index in [0.29, 0.717) is 12.8 Å². The van der Waals surface area contributed by atoms with E-state index in [-0.39, 0.29) is 18.4 Å². The lowest BCUT2D eigenvalue weighted by Gasteiger charge is -2.14. The molecule has 74 valence electrons. The van der Waals surface area contributed by atoms with Gasteiger partial charge in [-0.3, -0.25) is 9.59 Å². The Morgan fingerprint density at radius 2 is 2.15 bits per heavy atom. The minimum Gasteiger partial charge on any atom is -0.481 e. The lowest BCUT2D eigenvalue weighted by molar-refractivity contribution is -0.137. The third kappa shape index (κ3) is 2.69. The second-order valence-electron chi connectivity index (χ2n) is 3.63. The van der Waals surface area contributed by atoms with Crippen LogP contribution in [0.1, 0.15) is 26.2 Å². The van der Waals surface area contributed by atoms with Gasteiger partial charge in [-0.05, 0) is 19.8 Å². The van der Waals surface area contributed by atoms with Crippen LogP contribution in [0.15, 0.2) is 0 Å². The summed E-state index contributed by atoms with van der Waals surface area (Å²) >= 11 is 0. The van der Waals surface area contributed by atoms with Crippen molar-refractivity contribution in [3.05, 3.63) is 0 Å². The molecule has 0 bridgehead atoms. The summed E-state index contributed by atoms with van der Waals surface area (Å²) in [5.41, 5.74) is 4.89. The molecule has 5 heteroatoms. The molecular weight excluding hydrogens is 172 g/mol. The number of nitrogens with two attached hydrogens (primary N) is 1. The van der Waals surface area contributed by atoms with Crippen molar-refractivity contribution in [3.8, 4) is 0 Å².